The molecule has 0 N–H and O–H groups in total. The molecule has 0 aliphatic rings. The third-order valence-electron chi connectivity index (χ3n) is 1.33. The highest BCUT2D eigenvalue weighted by atomic mass is 16.1. The summed E-state index contributed by atoms with van der Waals surface area (Å²) in [6, 6.07) is 9.11. The predicted molar refractivity (Wildman–Crippen MR) is 45.3 cm³/mol. The molecule has 0 aliphatic carbocycles. The fourth-order valence-corrected chi connectivity index (χ4v) is 0.806. The average Bonchev–Trinajstić information content (AvgIpc) is 2.07. The minimum Gasteiger partial charge on any atom is -0.289 e. The molecule has 55 valence electrons. The third kappa shape index (κ3) is 2.04. The number of ketones is 1. The quantitative estimate of drug-likeness (QED) is 0.461. The molecule has 0 atom stereocenters. The van der Waals surface area contributed by atoms with E-state index in [9.17, 15) is 4.79 Å². The van der Waals surface area contributed by atoms with E-state index in [0.717, 1.165) is 0 Å². The smallest absolute Gasteiger partial charge is 0.185 e. The Bertz CT molecular complexity index is 259. The van der Waals surface area contributed by atoms with Crippen LogP contribution in [0.1, 0.15) is 10.4 Å². The summed E-state index contributed by atoms with van der Waals surface area (Å²) in [5, 5.41) is 0. The standard InChI is InChI=1S/C10H9O/c1-2-6-10(11)9-7-4-3-5-8-9/h2-8H,1H2/b6-2+. The van der Waals surface area contributed by atoms with Crippen molar-refractivity contribution in [3.8, 4) is 0 Å². The summed E-state index contributed by atoms with van der Waals surface area (Å²) in [5.74, 6) is 0.000556. The number of allylic oxidation sites excluding steroid dienone is 2. The number of carbonyl (C=O) groups excluding carboxylic acids is 1. The number of benzene rings is 1. The molecule has 11 heavy (non-hydrogen) atoms. The SMILES string of the molecule is [CH2]/C=C/C(=O)c1ccccc1. The zero-order valence-corrected chi connectivity index (χ0v) is 6.16. The summed E-state index contributed by atoms with van der Waals surface area (Å²) >= 11 is 0. The van der Waals surface area contributed by atoms with Crippen LogP contribution in [0.2, 0.25) is 0 Å². The van der Waals surface area contributed by atoms with Gasteiger partial charge in [-0.1, -0.05) is 36.4 Å². The van der Waals surface area contributed by atoms with Crippen LogP contribution in [0, 0.1) is 6.92 Å². The highest BCUT2D eigenvalue weighted by molar-refractivity contribution is 6.04. The van der Waals surface area contributed by atoms with Crippen LogP contribution >= 0.6 is 0 Å². The zero-order chi connectivity index (χ0) is 8.10. The van der Waals surface area contributed by atoms with Crippen molar-refractivity contribution in [2.75, 3.05) is 0 Å². The van der Waals surface area contributed by atoms with Crippen LogP contribution in [-0.4, -0.2) is 5.78 Å². The van der Waals surface area contributed by atoms with E-state index in [2.05, 4.69) is 6.92 Å². The fourth-order valence-electron chi connectivity index (χ4n) is 0.806. The van der Waals surface area contributed by atoms with Crippen LogP contribution in [0.25, 0.3) is 0 Å². The van der Waals surface area contributed by atoms with Crippen LogP contribution in [0.3, 0.4) is 0 Å². The van der Waals surface area contributed by atoms with E-state index in [1.54, 1.807) is 12.1 Å². The van der Waals surface area contributed by atoms with Crippen LogP contribution in [0.15, 0.2) is 42.5 Å². The van der Waals surface area contributed by atoms with Gasteiger partial charge in [-0.05, 0) is 13.0 Å². The summed E-state index contributed by atoms with van der Waals surface area (Å²) in [4.78, 5) is 11.1. The molecule has 1 aromatic carbocycles. The largest absolute Gasteiger partial charge is 0.289 e. The second-order valence-electron chi connectivity index (χ2n) is 2.13. The lowest BCUT2D eigenvalue weighted by atomic mass is 10.1. The highest BCUT2D eigenvalue weighted by Crippen LogP contribution is 1.99. The second kappa shape index (κ2) is 3.71. The normalized spacial score (nSPS) is 10.3. The highest BCUT2D eigenvalue weighted by Gasteiger charge is 1.96. The Morgan fingerprint density at radius 3 is 2.45 bits per heavy atom. The van der Waals surface area contributed by atoms with E-state index >= 15 is 0 Å². The lowest BCUT2D eigenvalue weighted by Crippen LogP contribution is -1.91. The molecule has 0 fully saturated rings. The third-order valence-corrected chi connectivity index (χ3v) is 1.33. The van der Waals surface area contributed by atoms with Gasteiger partial charge in [0.05, 0.1) is 0 Å². The molecule has 1 nitrogen and oxygen atoms in total. The summed E-state index contributed by atoms with van der Waals surface area (Å²) in [7, 11) is 0. The molecule has 0 aliphatic heterocycles. The summed E-state index contributed by atoms with van der Waals surface area (Å²) < 4.78 is 0. The summed E-state index contributed by atoms with van der Waals surface area (Å²) in [6.07, 6.45) is 2.95. The van der Waals surface area contributed by atoms with Crippen molar-refractivity contribution in [1.29, 1.82) is 0 Å². The number of rotatable bonds is 2. The van der Waals surface area contributed by atoms with Gasteiger partial charge in [0.1, 0.15) is 0 Å². The maximum Gasteiger partial charge on any atom is 0.185 e. The number of hydrogen-bond donors (Lipinski definition) is 0. The van der Waals surface area contributed by atoms with Gasteiger partial charge in [0.25, 0.3) is 0 Å². The summed E-state index contributed by atoms with van der Waals surface area (Å²) in [5.41, 5.74) is 0.701. The first-order chi connectivity index (χ1) is 5.34. The Kier molecular flexibility index (Phi) is 2.61. The molecule has 0 saturated carbocycles. The van der Waals surface area contributed by atoms with Crippen LogP contribution in [-0.2, 0) is 0 Å². The van der Waals surface area contributed by atoms with Crippen molar-refractivity contribution in [3.63, 3.8) is 0 Å². The topological polar surface area (TPSA) is 17.1 Å². The van der Waals surface area contributed by atoms with E-state index in [1.165, 1.54) is 12.2 Å². The van der Waals surface area contributed by atoms with Gasteiger partial charge in [0.2, 0.25) is 0 Å². The average molecular weight is 145 g/mol. The first kappa shape index (κ1) is 7.73. The van der Waals surface area contributed by atoms with Crippen molar-refractivity contribution >= 4 is 5.78 Å². The molecular weight excluding hydrogens is 136 g/mol. The van der Waals surface area contributed by atoms with Crippen molar-refractivity contribution < 1.29 is 4.79 Å². The molecule has 0 spiro atoms. The van der Waals surface area contributed by atoms with E-state index < -0.39 is 0 Å². The monoisotopic (exact) mass is 145 g/mol. The van der Waals surface area contributed by atoms with Crippen molar-refractivity contribution in [1.82, 2.24) is 0 Å². The number of hydrogen-bond acceptors (Lipinski definition) is 1. The van der Waals surface area contributed by atoms with E-state index in [1.807, 2.05) is 18.2 Å². The van der Waals surface area contributed by atoms with Crippen LogP contribution in [0.4, 0.5) is 0 Å². The maximum absolute atomic E-state index is 11.1. The Morgan fingerprint density at radius 2 is 1.91 bits per heavy atom. The molecule has 0 bridgehead atoms. The maximum atomic E-state index is 11.1. The lowest BCUT2D eigenvalue weighted by molar-refractivity contribution is 0.104. The number of carbonyl (C=O) groups is 1. The minimum absolute atomic E-state index is 0.000556. The summed E-state index contributed by atoms with van der Waals surface area (Å²) in [6.45, 7) is 3.45. The molecule has 1 rings (SSSR count). The van der Waals surface area contributed by atoms with Gasteiger partial charge in [0.15, 0.2) is 5.78 Å². The van der Waals surface area contributed by atoms with Gasteiger partial charge in [-0.3, -0.25) is 4.79 Å². The molecule has 0 saturated heterocycles. The zero-order valence-electron chi connectivity index (χ0n) is 6.16. The molecular formula is C10H9O. The Balaban J connectivity index is 2.86. The van der Waals surface area contributed by atoms with Gasteiger partial charge in [-0.15, -0.1) is 0 Å². The van der Waals surface area contributed by atoms with Crippen molar-refractivity contribution in [3.05, 3.63) is 55.0 Å². The first-order valence-corrected chi connectivity index (χ1v) is 3.40. The molecule has 0 heterocycles. The Morgan fingerprint density at radius 1 is 1.27 bits per heavy atom. The minimum atomic E-state index is 0.000556. The Labute approximate surface area is 66.4 Å². The van der Waals surface area contributed by atoms with E-state index in [4.69, 9.17) is 0 Å². The molecule has 0 amide bonds. The van der Waals surface area contributed by atoms with Crippen molar-refractivity contribution in [2.45, 2.75) is 0 Å². The van der Waals surface area contributed by atoms with Crippen LogP contribution in [0.5, 0.6) is 0 Å². The predicted octanol–water partition coefficient (Wildman–Crippen LogP) is 2.26. The second-order valence-corrected chi connectivity index (χ2v) is 2.13. The molecule has 1 aromatic rings. The van der Waals surface area contributed by atoms with E-state index in [0.29, 0.717) is 5.56 Å². The van der Waals surface area contributed by atoms with Gasteiger partial charge in [0, 0.05) is 5.56 Å². The molecule has 1 heteroatoms. The Hall–Kier alpha value is -1.37. The van der Waals surface area contributed by atoms with Gasteiger partial charge >= 0.3 is 0 Å². The van der Waals surface area contributed by atoms with Gasteiger partial charge in [-0.25, -0.2) is 0 Å². The molecule has 0 unspecified atom stereocenters. The van der Waals surface area contributed by atoms with Gasteiger partial charge < -0.3 is 0 Å². The van der Waals surface area contributed by atoms with Gasteiger partial charge in [-0.2, -0.15) is 0 Å². The van der Waals surface area contributed by atoms with Crippen molar-refractivity contribution in [2.24, 2.45) is 0 Å². The molecule has 1 radical (unpaired) electrons. The molecule has 0 aromatic heterocycles. The first-order valence-electron chi connectivity index (χ1n) is 3.40. The lowest BCUT2D eigenvalue weighted by Gasteiger charge is -1.91. The van der Waals surface area contributed by atoms with Crippen LogP contribution < -0.4 is 0 Å². The van der Waals surface area contributed by atoms with E-state index in [-0.39, 0.29) is 5.78 Å². The fraction of sp³-hybridized carbons (Fsp3) is 0.